The van der Waals surface area contributed by atoms with Gasteiger partial charge in [0, 0.05) is 24.8 Å². The number of aromatic nitrogens is 1. The average Bonchev–Trinajstić information content (AvgIpc) is 3.19. The van der Waals surface area contributed by atoms with Crippen LogP contribution in [0.25, 0.3) is 0 Å². The van der Waals surface area contributed by atoms with Gasteiger partial charge in [0.15, 0.2) is 0 Å². The summed E-state index contributed by atoms with van der Waals surface area (Å²) in [7, 11) is 0. The third-order valence-electron chi connectivity index (χ3n) is 5.05. The highest BCUT2D eigenvalue weighted by atomic mass is 16.6. The van der Waals surface area contributed by atoms with Gasteiger partial charge in [-0.3, -0.25) is 5.43 Å². The lowest BCUT2D eigenvalue weighted by Crippen LogP contribution is -2.36. The van der Waals surface area contributed by atoms with Gasteiger partial charge in [0.05, 0.1) is 43.9 Å². The molecule has 0 saturated carbocycles. The summed E-state index contributed by atoms with van der Waals surface area (Å²) in [5.41, 5.74) is 6.79. The Kier molecular flexibility index (Phi) is 6.83. The number of carbonyl (C=O) groups is 1. The first-order chi connectivity index (χ1) is 15.2. The van der Waals surface area contributed by atoms with Crippen LogP contribution in [0.1, 0.15) is 11.3 Å². The largest absolute Gasteiger partial charge is 0.476 e. The molecule has 1 aromatic heterocycles. The summed E-state index contributed by atoms with van der Waals surface area (Å²) in [5.74, 6) is 0.494. The van der Waals surface area contributed by atoms with E-state index in [4.69, 9.17) is 14.2 Å². The summed E-state index contributed by atoms with van der Waals surface area (Å²) in [5, 5.41) is 4.33. The van der Waals surface area contributed by atoms with E-state index < -0.39 is 0 Å². The molecule has 9 nitrogen and oxygen atoms in total. The number of morpholine rings is 1. The van der Waals surface area contributed by atoms with Gasteiger partial charge in [0.2, 0.25) is 5.88 Å². The fourth-order valence-electron chi connectivity index (χ4n) is 3.43. The molecular formula is C22H27N5O4. The second-order valence-electron chi connectivity index (χ2n) is 7.38. The molecule has 2 saturated heterocycles. The van der Waals surface area contributed by atoms with Gasteiger partial charge in [-0.05, 0) is 30.7 Å². The van der Waals surface area contributed by atoms with Crippen molar-refractivity contribution in [3.63, 3.8) is 0 Å². The van der Waals surface area contributed by atoms with E-state index in [0.717, 1.165) is 30.0 Å². The van der Waals surface area contributed by atoms with Crippen LogP contribution in [0.3, 0.4) is 0 Å². The van der Waals surface area contributed by atoms with Crippen molar-refractivity contribution >= 4 is 23.7 Å². The number of benzene rings is 1. The molecular weight excluding hydrogens is 398 g/mol. The summed E-state index contributed by atoms with van der Waals surface area (Å²) < 4.78 is 16.3. The van der Waals surface area contributed by atoms with Gasteiger partial charge in [-0.2, -0.15) is 5.10 Å². The molecule has 1 amide bonds. The van der Waals surface area contributed by atoms with Crippen molar-refractivity contribution in [1.82, 2.24) is 9.88 Å². The highest BCUT2D eigenvalue weighted by Crippen LogP contribution is 2.22. The minimum absolute atomic E-state index is 0.298. The van der Waals surface area contributed by atoms with Crippen LogP contribution in [-0.2, 0) is 9.47 Å². The van der Waals surface area contributed by atoms with Crippen LogP contribution in [0.4, 0.5) is 16.2 Å². The predicted octanol–water partition coefficient (Wildman–Crippen LogP) is 2.50. The first-order valence-electron chi connectivity index (χ1n) is 10.4. The van der Waals surface area contributed by atoms with Gasteiger partial charge in [-0.1, -0.05) is 12.1 Å². The molecule has 0 spiro atoms. The van der Waals surface area contributed by atoms with Crippen molar-refractivity contribution in [2.24, 2.45) is 5.10 Å². The number of nitrogens with zero attached hydrogens (tertiary/aromatic N) is 4. The van der Waals surface area contributed by atoms with Crippen molar-refractivity contribution in [2.75, 3.05) is 62.9 Å². The Balaban J connectivity index is 1.45. The standard InChI is InChI=1S/C22H27N5O4/c1-17-3-2-4-18(13-17)25-23-16-19-14-20(26-5-9-29-10-6-26)15-21(24-19)30-11-7-27-8-12-31-22(27)28/h2-4,13-16,25H,5-12H2,1H3. The van der Waals surface area contributed by atoms with E-state index >= 15 is 0 Å². The molecule has 164 valence electrons. The van der Waals surface area contributed by atoms with Gasteiger partial charge in [-0.25, -0.2) is 9.78 Å². The smallest absolute Gasteiger partial charge is 0.410 e. The van der Waals surface area contributed by atoms with Crippen LogP contribution in [0.5, 0.6) is 5.88 Å². The fourth-order valence-corrected chi connectivity index (χ4v) is 3.43. The quantitative estimate of drug-likeness (QED) is 0.513. The topological polar surface area (TPSA) is 88.5 Å². The van der Waals surface area contributed by atoms with Gasteiger partial charge in [0.25, 0.3) is 0 Å². The molecule has 2 fully saturated rings. The first kappa shape index (κ1) is 20.9. The Morgan fingerprint density at radius 3 is 2.84 bits per heavy atom. The van der Waals surface area contributed by atoms with Crippen molar-refractivity contribution in [3.8, 4) is 5.88 Å². The van der Waals surface area contributed by atoms with E-state index in [1.807, 2.05) is 43.3 Å². The molecule has 2 aromatic rings. The molecule has 0 aliphatic carbocycles. The number of nitrogens with one attached hydrogen (secondary N) is 1. The maximum atomic E-state index is 11.6. The number of aryl methyl sites for hydroxylation is 1. The van der Waals surface area contributed by atoms with E-state index in [9.17, 15) is 4.79 Å². The average molecular weight is 425 g/mol. The molecule has 9 heteroatoms. The van der Waals surface area contributed by atoms with Gasteiger partial charge in [0.1, 0.15) is 13.2 Å². The third kappa shape index (κ3) is 5.85. The molecule has 2 aliphatic rings. The van der Waals surface area contributed by atoms with Crippen LogP contribution in [0, 0.1) is 6.92 Å². The lowest BCUT2D eigenvalue weighted by molar-refractivity contribution is 0.122. The summed E-state index contributed by atoms with van der Waals surface area (Å²) in [6.07, 6.45) is 1.38. The number of hydrazone groups is 1. The summed E-state index contributed by atoms with van der Waals surface area (Å²) in [4.78, 5) is 20.0. The maximum Gasteiger partial charge on any atom is 0.410 e. The Morgan fingerprint density at radius 2 is 2.06 bits per heavy atom. The Morgan fingerprint density at radius 1 is 1.19 bits per heavy atom. The number of rotatable bonds is 8. The lowest BCUT2D eigenvalue weighted by atomic mass is 10.2. The molecule has 3 heterocycles. The predicted molar refractivity (Wildman–Crippen MR) is 118 cm³/mol. The number of carbonyl (C=O) groups excluding carboxylic acids is 1. The second-order valence-corrected chi connectivity index (χ2v) is 7.38. The van der Waals surface area contributed by atoms with E-state index in [0.29, 0.717) is 51.1 Å². The molecule has 0 atom stereocenters. The normalized spacial score (nSPS) is 16.6. The Hall–Kier alpha value is -3.33. The number of ether oxygens (including phenoxy) is 3. The minimum Gasteiger partial charge on any atom is -0.476 e. The molecule has 0 radical (unpaired) electrons. The number of amides is 1. The Bertz CT molecular complexity index is 930. The minimum atomic E-state index is -0.298. The van der Waals surface area contributed by atoms with Crippen LogP contribution in [-0.4, -0.2) is 74.8 Å². The van der Waals surface area contributed by atoms with E-state index in [1.165, 1.54) is 0 Å². The molecule has 2 aliphatic heterocycles. The number of hydrogen-bond donors (Lipinski definition) is 1. The van der Waals surface area contributed by atoms with Crippen molar-refractivity contribution in [3.05, 3.63) is 47.7 Å². The molecule has 1 N–H and O–H groups in total. The zero-order valence-electron chi connectivity index (χ0n) is 17.6. The second kappa shape index (κ2) is 10.1. The fraction of sp³-hybridized carbons (Fsp3) is 0.409. The van der Waals surface area contributed by atoms with Crippen LogP contribution >= 0.6 is 0 Å². The molecule has 4 rings (SSSR count). The molecule has 1 aromatic carbocycles. The van der Waals surface area contributed by atoms with Crippen molar-refractivity contribution in [1.29, 1.82) is 0 Å². The molecule has 0 unspecified atom stereocenters. The monoisotopic (exact) mass is 425 g/mol. The van der Waals surface area contributed by atoms with E-state index in [2.05, 4.69) is 20.4 Å². The SMILES string of the molecule is Cc1cccc(NN=Cc2cc(N3CCOCC3)cc(OCCN3CCOC3=O)n2)c1. The lowest BCUT2D eigenvalue weighted by Gasteiger charge is -2.29. The summed E-state index contributed by atoms with van der Waals surface area (Å²) >= 11 is 0. The zero-order chi connectivity index (χ0) is 21.5. The summed E-state index contributed by atoms with van der Waals surface area (Å²) in [6.45, 7) is 6.84. The van der Waals surface area contributed by atoms with E-state index in [1.54, 1.807) is 11.1 Å². The van der Waals surface area contributed by atoms with Crippen molar-refractivity contribution in [2.45, 2.75) is 6.92 Å². The van der Waals surface area contributed by atoms with Crippen LogP contribution in [0.15, 0.2) is 41.5 Å². The van der Waals surface area contributed by atoms with Gasteiger partial charge < -0.3 is 24.0 Å². The third-order valence-corrected chi connectivity index (χ3v) is 5.05. The molecule has 31 heavy (non-hydrogen) atoms. The highest BCUT2D eigenvalue weighted by Gasteiger charge is 2.21. The number of cyclic esters (lactones) is 1. The van der Waals surface area contributed by atoms with Gasteiger partial charge in [-0.15, -0.1) is 0 Å². The first-order valence-corrected chi connectivity index (χ1v) is 10.4. The van der Waals surface area contributed by atoms with Crippen LogP contribution < -0.4 is 15.1 Å². The number of hydrogen-bond acceptors (Lipinski definition) is 8. The highest BCUT2D eigenvalue weighted by molar-refractivity contribution is 5.80. The van der Waals surface area contributed by atoms with Gasteiger partial charge >= 0.3 is 6.09 Å². The Labute approximate surface area is 181 Å². The number of pyridine rings is 1. The summed E-state index contributed by atoms with van der Waals surface area (Å²) in [6, 6.07) is 11.9. The van der Waals surface area contributed by atoms with Crippen molar-refractivity contribution < 1.29 is 19.0 Å². The van der Waals surface area contributed by atoms with Crippen LogP contribution in [0.2, 0.25) is 0 Å². The zero-order valence-corrected chi connectivity index (χ0v) is 17.6. The van der Waals surface area contributed by atoms with E-state index in [-0.39, 0.29) is 6.09 Å². The maximum absolute atomic E-state index is 11.6. The number of anilines is 2. The molecule has 0 bridgehead atoms.